The van der Waals surface area contributed by atoms with E-state index in [1.807, 2.05) is 18.2 Å². The van der Waals surface area contributed by atoms with Crippen molar-refractivity contribution in [2.75, 3.05) is 47.8 Å². The van der Waals surface area contributed by atoms with Crippen molar-refractivity contribution in [1.82, 2.24) is 15.0 Å². The Labute approximate surface area is 185 Å². The number of methoxy groups -OCH3 is 1. The average Bonchev–Trinajstić information content (AvgIpc) is 2.80. The van der Waals surface area contributed by atoms with Gasteiger partial charge in [0.2, 0.25) is 5.95 Å². The van der Waals surface area contributed by atoms with E-state index in [0.717, 1.165) is 32.0 Å². The van der Waals surface area contributed by atoms with E-state index in [1.165, 1.54) is 31.6 Å². The molecule has 0 unspecified atom stereocenters. The van der Waals surface area contributed by atoms with Crippen LogP contribution in [0.25, 0.3) is 0 Å². The molecule has 1 fully saturated rings. The van der Waals surface area contributed by atoms with Crippen LogP contribution in [0, 0.1) is 0 Å². The number of rotatable bonds is 6. The number of benzene rings is 1. The molecule has 1 aliphatic rings. The number of pyridine rings is 1. The number of halogens is 1. The maximum atomic E-state index is 12.8. The molecule has 1 aliphatic heterocycles. The summed E-state index contributed by atoms with van der Waals surface area (Å²) < 4.78 is 33.1. The van der Waals surface area contributed by atoms with Gasteiger partial charge < -0.3 is 14.5 Å². The van der Waals surface area contributed by atoms with Crippen LogP contribution in [0.4, 0.5) is 17.5 Å². The third kappa shape index (κ3) is 4.80. The van der Waals surface area contributed by atoms with Crippen molar-refractivity contribution in [3.8, 4) is 5.75 Å². The molecule has 9 nitrogen and oxygen atoms in total. The first-order valence-electron chi connectivity index (χ1n) is 9.55. The van der Waals surface area contributed by atoms with E-state index in [9.17, 15) is 8.42 Å². The molecular formula is C20H21ClN6O3S. The minimum atomic E-state index is -3.92. The summed E-state index contributed by atoms with van der Waals surface area (Å²) in [4.78, 5) is 17.3. The largest absolute Gasteiger partial charge is 0.495 e. The first kappa shape index (κ1) is 21.1. The van der Waals surface area contributed by atoms with Crippen LogP contribution in [-0.4, -0.2) is 56.7 Å². The van der Waals surface area contributed by atoms with Gasteiger partial charge in [-0.05, 0) is 30.3 Å². The zero-order valence-electron chi connectivity index (χ0n) is 16.8. The Morgan fingerprint density at radius 1 is 1.00 bits per heavy atom. The summed E-state index contributed by atoms with van der Waals surface area (Å²) in [7, 11) is -2.52. The smallest absolute Gasteiger partial charge is 0.265 e. The summed E-state index contributed by atoms with van der Waals surface area (Å²) in [6.07, 6.45) is 4.67. The Balaban J connectivity index is 1.43. The molecule has 0 radical (unpaired) electrons. The second-order valence-electron chi connectivity index (χ2n) is 6.83. The lowest BCUT2D eigenvalue weighted by Crippen LogP contribution is -2.47. The molecule has 1 N–H and O–H groups in total. The van der Waals surface area contributed by atoms with Crippen molar-refractivity contribution >= 4 is 39.1 Å². The number of hydrogen-bond acceptors (Lipinski definition) is 8. The van der Waals surface area contributed by atoms with Crippen LogP contribution in [0.2, 0.25) is 5.02 Å². The van der Waals surface area contributed by atoms with Gasteiger partial charge in [0.1, 0.15) is 16.5 Å². The van der Waals surface area contributed by atoms with Crippen LogP contribution in [0.15, 0.2) is 59.9 Å². The van der Waals surface area contributed by atoms with E-state index in [0.29, 0.717) is 5.95 Å². The van der Waals surface area contributed by atoms with Gasteiger partial charge in [-0.2, -0.15) is 0 Å². The molecule has 0 atom stereocenters. The van der Waals surface area contributed by atoms with Gasteiger partial charge in [0.25, 0.3) is 10.0 Å². The highest BCUT2D eigenvalue weighted by molar-refractivity contribution is 7.92. The van der Waals surface area contributed by atoms with Gasteiger partial charge in [0.15, 0.2) is 0 Å². The monoisotopic (exact) mass is 460 g/mol. The second kappa shape index (κ2) is 8.94. The number of ether oxygens (including phenoxy) is 1. The van der Waals surface area contributed by atoms with Crippen molar-refractivity contribution in [3.05, 3.63) is 60.0 Å². The van der Waals surface area contributed by atoms with Crippen LogP contribution < -0.4 is 19.3 Å². The molecular weight excluding hydrogens is 440 g/mol. The molecule has 4 rings (SSSR count). The van der Waals surface area contributed by atoms with Gasteiger partial charge in [-0.3, -0.25) is 4.72 Å². The maximum absolute atomic E-state index is 12.8. The van der Waals surface area contributed by atoms with Crippen LogP contribution in [0.1, 0.15) is 0 Å². The molecule has 3 heterocycles. The fraction of sp³-hybridized carbons (Fsp3) is 0.250. The molecule has 1 saturated heterocycles. The number of nitrogens with one attached hydrogen (secondary N) is 1. The SMILES string of the molecule is COc1ccc(Cl)cc1S(=O)(=O)Nc1cnc(N2CCN(c3ccccn3)CC2)nc1. The molecule has 3 aromatic rings. The highest BCUT2D eigenvalue weighted by Crippen LogP contribution is 2.28. The van der Waals surface area contributed by atoms with E-state index < -0.39 is 10.0 Å². The number of hydrogen-bond donors (Lipinski definition) is 1. The van der Waals surface area contributed by atoms with Crippen molar-refractivity contribution < 1.29 is 13.2 Å². The predicted molar refractivity (Wildman–Crippen MR) is 120 cm³/mol. The van der Waals surface area contributed by atoms with Crippen LogP contribution >= 0.6 is 11.6 Å². The molecule has 0 aliphatic carbocycles. The third-order valence-electron chi connectivity index (χ3n) is 4.84. The summed E-state index contributed by atoms with van der Waals surface area (Å²) in [6, 6.07) is 10.2. The lowest BCUT2D eigenvalue weighted by Gasteiger charge is -2.35. The number of sulfonamides is 1. The van der Waals surface area contributed by atoms with Gasteiger partial charge in [-0.15, -0.1) is 0 Å². The molecule has 0 bridgehead atoms. The van der Waals surface area contributed by atoms with Crippen molar-refractivity contribution in [1.29, 1.82) is 0 Å². The van der Waals surface area contributed by atoms with Crippen molar-refractivity contribution in [2.24, 2.45) is 0 Å². The van der Waals surface area contributed by atoms with Crippen LogP contribution in [0.3, 0.4) is 0 Å². The Hall–Kier alpha value is -3.11. The first-order valence-corrected chi connectivity index (χ1v) is 11.4. The highest BCUT2D eigenvalue weighted by atomic mass is 35.5. The fourth-order valence-electron chi connectivity index (χ4n) is 3.28. The summed E-state index contributed by atoms with van der Waals surface area (Å²) in [5, 5.41) is 0.289. The Kier molecular flexibility index (Phi) is 6.10. The van der Waals surface area contributed by atoms with E-state index in [1.54, 1.807) is 12.3 Å². The van der Waals surface area contributed by atoms with Crippen LogP contribution in [0.5, 0.6) is 5.75 Å². The zero-order valence-corrected chi connectivity index (χ0v) is 18.3. The van der Waals surface area contributed by atoms with Crippen molar-refractivity contribution in [3.63, 3.8) is 0 Å². The normalized spacial score (nSPS) is 14.4. The topological polar surface area (TPSA) is 101 Å². The number of aromatic nitrogens is 3. The molecule has 1 aromatic carbocycles. The van der Waals surface area contributed by atoms with E-state index in [-0.39, 0.29) is 21.4 Å². The van der Waals surface area contributed by atoms with Crippen molar-refractivity contribution in [2.45, 2.75) is 4.90 Å². The lowest BCUT2D eigenvalue weighted by molar-refractivity contribution is 0.403. The Bertz CT molecular complexity index is 1140. The molecule has 2 aromatic heterocycles. The summed E-state index contributed by atoms with van der Waals surface area (Å²) >= 11 is 5.95. The van der Waals surface area contributed by atoms with E-state index in [4.69, 9.17) is 16.3 Å². The highest BCUT2D eigenvalue weighted by Gasteiger charge is 2.22. The zero-order chi connectivity index (χ0) is 21.8. The number of piperazine rings is 1. The van der Waals surface area contributed by atoms with Crippen LogP contribution in [-0.2, 0) is 10.0 Å². The molecule has 0 amide bonds. The molecule has 31 heavy (non-hydrogen) atoms. The summed E-state index contributed by atoms with van der Waals surface area (Å²) in [5.74, 6) is 1.69. The summed E-state index contributed by atoms with van der Waals surface area (Å²) in [5.41, 5.74) is 0.248. The lowest BCUT2D eigenvalue weighted by atomic mass is 10.3. The minimum absolute atomic E-state index is 0.0581. The van der Waals surface area contributed by atoms with E-state index >= 15 is 0 Å². The average molecular weight is 461 g/mol. The standard InChI is InChI=1S/C20H21ClN6O3S/c1-30-17-6-5-15(21)12-18(17)31(28,29)25-16-13-23-20(24-14-16)27-10-8-26(9-11-27)19-4-2-3-7-22-19/h2-7,12-14,25H,8-11H2,1H3. The van der Waals surface area contributed by atoms with Gasteiger partial charge in [0.05, 0.1) is 25.2 Å². The quantitative estimate of drug-likeness (QED) is 0.599. The Morgan fingerprint density at radius 3 is 2.35 bits per heavy atom. The number of anilines is 3. The van der Waals surface area contributed by atoms with E-state index in [2.05, 4.69) is 29.5 Å². The van der Waals surface area contributed by atoms with Gasteiger partial charge >= 0.3 is 0 Å². The third-order valence-corrected chi connectivity index (χ3v) is 6.48. The molecule has 0 spiro atoms. The summed E-state index contributed by atoms with van der Waals surface area (Å²) in [6.45, 7) is 3.06. The van der Waals surface area contributed by atoms with Gasteiger partial charge in [0, 0.05) is 37.4 Å². The predicted octanol–water partition coefficient (Wildman–Crippen LogP) is 2.66. The molecule has 0 saturated carbocycles. The molecule has 162 valence electrons. The number of nitrogens with zero attached hydrogens (tertiary/aromatic N) is 5. The Morgan fingerprint density at radius 2 is 1.71 bits per heavy atom. The maximum Gasteiger partial charge on any atom is 0.265 e. The van der Waals surface area contributed by atoms with Gasteiger partial charge in [-0.25, -0.2) is 23.4 Å². The minimum Gasteiger partial charge on any atom is -0.495 e. The fourth-order valence-corrected chi connectivity index (χ4v) is 4.75. The van der Waals surface area contributed by atoms with Gasteiger partial charge in [-0.1, -0.05) is 17.7 Å². The second-order valence-corrected chi connectivity index (χ2v) is 8.92. The molecule has 11 heteroatoms. The first-order chi connectivity index (χ1) is 15.0.